The van der Waals surface area contributed by atoms with Gasteiger partial charge in [0.05, 0.1) is 16.7 Å². The molecule has 0 fully saturated rings. The maximum Gasteiger partial charge on any atom is 0.262 e. The van der Waals surface area contributed by atoms with Crippen LogP contribution in [0, 0.1) is 0 Å². The Labute approximate surface area is 181 Å². The Morgan fingerprint density at radius 3 is 2.60 bits per heavy atom. The molecule has 3 rings (SSSR count). The minimum atomic E-state index is -0.0791. The zero-order valence-corrected chi connectivity index (χ0v) is 18.6. The first-order valence-corrected chi connectivity index (χ1v) is 11.3. The summed E-state index contributed by atoms with van der Waals surface area (Å²) in [5.41, 5.74) is 2.50. The lowest BCUT2D eigenvalue weighted by Gasteiger charge is -2.13. The fraction of sp³-hybridized carbons (Fsp3) is 0.375. The molecule has 0 aliphatic heterocycles. The number of carbonyl (C=O) groups excluding carboxylic acids is 1. The molecule has 0 saturated heterocycles. The van der Waals surface area contributed by atoms with Crippen LogP contribution in [0.15, 0.2) is 58.5 Å². The second-order valence-corrected chi connectivity index (χ2v) is 8.30. The summed E-state index contributed by atoms with van der Waals surface area (Å²) in [6.07, 6.45) is 1.77. The molecule has 0 N–H and O–H groups in total. The lowest BCUT2D eigenvalue weighted by atomic mass is 9.97. The van der Waals surface area contributed by atoms with E-state index in [0.29, 0.717) is 47.1 Å². The van der Waals surface area contributed by atoms with E-state index in [1.54, 1.807) is 17.7 Å². The van der Waals surface area contributed by atoms with Gasteiger partial charge in [-0.3, -0.25) is 14.2 Å². The van der Waals surface area contributed by atoms with Gasteiger partial charge in [-0.2, -0.15) is 0 Å². The smallest absolute Gasteiger partial charge is 0.262 e. The Kier molecular flexibility index (Phi) is 7.82. The molecule has 0 radical (unpaired) electrons. The van der Waals surface area contributed by atoms with E-state index in [9.17, 15) is 9.59 Å². The number of nitrogens with zero attached hydrogens (tertiary/aromatic N) is 2. The van der Waals surface area contributed by atoms with E-state index in [-0.39, 0.29) is 17.1 Å². The molecule has 0 spiro atoms. The molecule has 1 aromatic heterocycles. The van der Waals surface area contributed by atoms with Gasteiger partial charge in [0.15, 0.2) is 10.9 Å². The van der Waals surface area contributed by atoms with Gasteiger partial charge in [-0.15, -0.1) is 0 Å². The SMILES string of the molecule is CCC(C)c1ccc(C(=O)CSc2nc3ccccc3c(=O)n2CCCOC)cc1. The van der Waals surface area contributed by atoms with Crippen molar-refractivity contribution in [2.24, 2.45) is 0 Å². The summed E-state index contributed by atoms with van der Waals surface area (Å²) in [4.78, 5) is 30.4. The van der Waals surface area contributed by atoms with Crippen LogP contribution in [0.25, 0.3) is 10.9 Å². The second-order valence-electron chi connectivity index (χ2n) is 7.36. The van der Waals surface area contributed by atoms with Gasteiger partial charge in [-0.05, 0) is 36.5 Å². The molecular weight excluding hydrogens is 396 g/mol. The number of thioether (sulfide) groups is 1. The molecular formula is C24H28N2O3S. The Hall–Kier alpha value is -2.44. The van der Waals surface area contributed by atoms with Crippen LogP contribution in [-0.4, -0.2) is 34.8 Å². The molecule has 6 heteroatoms. The lowest BCUT2D eigenvalue weighted by Crippen LogP contribution is -2.24. The average molecular weight is 425 g/mol. The number of aromatic nitrogens is 2. The van der Waals surface area contributed by atoms with Gasteiger partial charge in [0.25, 0.3) is 5.56 Å². The maximum absolute atomic E-state index is 13.0. The first kappa shape index (κ1) is 22.2. The van der Waals surface area contributed by atoms with Gasteiger partial charge in [0, 0.05) is 25.8 Å². The van der Waals surface area contributed by atoms with Gasteiger partial charge in [-0.25, -0.2) is 4.98 Å². The number of Topliss-reactive ketones (excluding diaryl/α,β-unsaturated/α-hetero) is 1. The quantitative estimate of drug-likeness (QED) is 0.200. The van der Waals surface area contributed by atoms with Crippen LogP contribution < -0.4 is 5.56 Å². The van der Waals surface area contributed by atoms with Crippen LogP contribution in [0.4, 0.5) is 0 Å². The molecule has 0 aliphatic carbocycles. The number of carbonyl (C=O) groups is 1. The molecule has 158 valence electrons. The Bertz CT molecular complexity index is 1060. The van der Waals surface area contributed by atoms with Gasteiger partial charge in [-0.1, -0.05) is 62.0 Å². The Morgan fingerprint density at radius 2 is 1.90 bits per heavy atom. The van der Waals surface area contributed by atoms with Crippen molar-refractivity contribution in [2.45, 2.75) is 44.3 Å². The van der Waals surface area contributed by atoms with E-state index >= 15 is 0 Å². The first-order valence-electron chi connectivity index (χ1n) is 10.3. The van der Waals surface area contributed by atoms with Crippen molar-refractivity contribution in [1.82, 2.24) is 9.55 Å². The second kappa shape index (κ2) is 10.5. The van der Waals surface area contributed by atoms with Crippen molar-refractivity contribution in [3.8, 4) is 0 Å². The molecule has 3 aromatic rings. The number of para-hydroxylation sites is 1. The number of hydrogen-bond donors (Lipinski definition) is 0. The third-order valence-electron chi connectivity index (χ3n) is 5.30. The van der Waals surface area contributed by atoms with E-state index in [0.717, 1.165) is 6.42 Å². The molecule has 30 heavy (non-hydrogen) atoms. The number of benzene rings is 2. The van der Waals surface area contributed by atoms with Crippen LogP contribution in [-0.2, 0) is 11.3 Å². The number of hydrogen-bond acceptors (Lipinski definition) is 5. The molecule has 0 aliphatic rings. The standard InChI is InChI=1S/C24H28N2O3S/c1-4-17(2)18-10-12-19(13-11-18)22(27)16-30-24-25-21-9-6-5-8-20(21)23(28)26(24)14-7-15-29-3/h5-6,8-13,17H,4,7,14-16H2,1-3H3. The van der Waals surface area contributed by atoms with E-state index < -0.39 is 0 Å². The molecule has 1 unspecified atom stereocenters. The van der Waals surface area contributed by atoms with Gasteiger partial charge in [0.1, 0.15) is 0 Å². The summed E-state index contributed by atoms with van der Waals surface area (Å²) in [6.45, 7) is 5.40. The topological polar surface area (TPSA) is 61.2 Å². The maximum atomic E-state index is 13.0. The molecule has 0 amide bonds. The van der Waals surface area contributed by atoms with E-state index in [1.165, 1.54) is 17.3 Å². The van der Waals surface area contributed by atoms with Crippen molar-refractivity contribution in [1.29, 1.82) is 0 Å². The normalized spacial score (nSPS) is 12.2. The number of ether oxygens (including phenoxy) is 1. The van der Waals surface area contributed by atoms with Crippen molar-refractivity contribution >= 4 is 28.4 Å². The predicted molar refractivity (Wildman–Crippen MR) is 123 cm³/mol. The summed E-state index contributed by atoms with van der Waals surface area (Å²) < 4.78 is 6.78. The highest BCUT2D eigenvalue weighted by Gasteiger charge is 2.14. The zero-order valence-electron chi connectivity index (χ0n) is 17.8. The highest BCUT2D eigenvalue weighted by molar-refractivity contribution is 7.99. The van der Waals surface area contributed by atoms with E-state index in [1.807, 2.05) is 42.5 Å². The first-order chi connectivity index (χ1) is 14.5. The Balaban J connectivity index is 1.81. The molecule has 0 saturated carbocycles. The van der Waals surface area contributed by atoms with E-state index in [2.05, 4.69) is 18.8 Å². The summed E-state index contributed by atoms with van der Waals surface area (Å²) in [5.74, 6) is 0.742. The van der Waals surface area contributed by atoms with Crippen LogP contribution >= 0.6 is 11.8 Å². The molecule has 1 heterocycles. The summed E-state index contributed by atoms with van der Waals surface area (Å²) >= 11 is 1.31. The van der Waals surface area contributed by atoms with Crippen molar-refractivity contribution in [2.75, 3.05) is 19.5 Å². The number of methoxy groups -OCH3 is 1. The molecule has 5 nitrogen and oxygen atoms in total. The lowest BCUT2D eigenvalue weighted by molar-refractivity contribution is 0.102. The van der Waals surface area contributed by atoms with E-state index in [4.69, 9.17) is 4.74 Å². The highest BCUT2D eigenvalue weighted by Crippen LogP contribution is 2.22. The minimum Gasteiger partial charge on any atom is -0.385 e. The monoisotopic (exact) mass is 424 g/mol. The van der Waals surface area contributed by atoms with Gasteiger partial charge < -0.3 is 4.74 Å². The third kappa shape index (κ3) is 5.18. The van der Waals surface area contributed by atoms with Crippen LogP contribution in [0.3, 0.4) is 0 Å². The molecule has 0 bridgehead atoms. The van der Waals surface area contributed by atoms with Crippen molar-refractivity contribution in [3.63, 3.8) is 0 Å². The number of rotatable bonds is 10. The van der Waals surface area contributed by atoms with Crippen LogP contribution in [0.2, 0.25) is 0 Å². The van der Waals surface area contributed by atoms with Crippen LogP contribution in [0.5, 0.6) is 0 Å². The van der Waals surface area contributed by atoms with Crippen molar-refractivity contribution in [3.05, 3.63) is 70.0 Å². The Morgan fingerprint density at radius 1 is 1.17 bits per heavy atom. The molecule has 1 atom stereocenters. The predicted octanol–water partition coefficient (Wildman–Crippen LogP) is 4.92. The summed E-state index contributed by atoms with van der Waals surface area (Å²) in [5, 5.41) is 1.16. The van der Waals surface area contributed by atoms with Crippen LogP contribution in [0.1, 0.15) is 48.5 Å². The number of fused-ring (bicyclic) bond motifs is 1. The third-order valence-corrected chi connectivity index (χ3v) is 6.28. The number of ketones is 1. The molecule has 2 aromatic carbocycles. The zero-order chi connectivity index (χ0) is 21.5. The highest BCUT2D eigenvalue weighted by atomic mass is 32.2. The van der Waals surface area contributed by atoms with Crippen molar-refractivity contribution < 1.29 is 9.53 Å². The average Bonchev–Trinajstić information content (AvgIpc) is 2.78. The minimum absolute atomic E-state index is 0.0292. The largest absolute Gasteiger partial charge is 0.385 e. The summed E-state index contributed by atoms with van der Waals surface area (Å²) in [6, 6.07) is 15.2. The fourth-order valence-electron chi connectivity index (χ4n) is 3.27. The fourth-order valence-corrected chi connectivity index (χ4v) is 4.19. The van der Waals surface area contributed by atoms with Gasteiger partial charge >= 0.3 is 0 Å². The van der Waals surface area contributed by atoms with Gasteiger partial charge in [0.2, 0.25) is 0 Å². The summed E-state index contributed by atoms with van der Waals surface area (Å²) in [7, 11) is 1.64.